The number of carbonyl (C=O) groups excluding carboxylic acids is 2. The van der Waals surface area contributed by atoms with Crippen molar-refractivity contribution in [2.75, 3.05) is 32.1 Å². The average Bonchev–Trinajstić information content (AvgIpc) is 2.53. The van der Waals surface area contributed by atoms with Crippen molar-refractivity contribution in [1.82, 2.24) is 4.90 Å². The van der Waals surface area contributed by atoms with Crippen LogP contribution in [0.15, 0.2) is 18.2 Å². The third-order valence-corrected chi connectivity index (χ3v) is 4.64. The van der Waals surface area contributed by atoms with E-state index in [1.807, 2.05) is 6.07 Å². The van der Waals surface area contributed by atoms with Gasteiger partial charge < -0.3 is 14.6 Å². The molecule has 126 valence electrons. The van der Waals surface area contributed by atoms with E-state index < -0.39 is 5.67 Å². The lowest BCUT2D eigenvalue weighted by Gasteiger charge is -2.37. The summed E-state index contributed by atoms with van der Waals surface area (Å²) in [6.07, 6.45) is 2.13. The molecule has 1 amide bonds. The van der Waals surface area contributed by atoms with Crippen LogP contribution in [0.4, 0.5) is 10.1 Å². The molecule has 1 fully saturated rings. The highest BCUT2D eigenvalue weighted by atomic mass is 35.5. The molecule has 0 atom stereocenters. The fourth-order valence-electron chi connectivity index (χ4n) is 2.85. The molecule has 1 heterocycles. The topological polar surface area (TPSA) is 40.6 Å². The van der Waals surface area contributed by atoms with Gasteiger partial charge in [0, 0.05) is 39.3 Å². The average molecular weight is 341 g/mol. The molecule has 0 aromatic heterocycles. The van der Waals surface area contributed by atoms with Crippen molar-refractivity contribution in [3.8, 4) is 0 Å². The van der Waals surface area contributed by atoms with E-state index in [0.29, 0.717) is 42.9 Å². The van der Waals surface area contributed by atoms with E-state index in [-0.39, 0.29) is 12.3 Å². The van der Waals surface area contributed by atoms with Gasteiger partial charge in [0.2, 0.25) is 0 Å². The number of nitrogens with zero attached hydrogens (tertiary/aromatic N) is 2. The zero-order valence-electron chi connectivity index (χ0n) is 13.5. The Balaban J connectivity index is 2.05. The molecule has 1 aliphatic rings. The van der Waals surface area contributed by atoms with Crippen LogP contribution in [0.25, 0.3) is 0 Å². The number of anilines is 1. The largest absolute Gasteiger partial charge is 0.371 e. The molecule has 1 aliphatic heterocycles. The predicted molar refractivity (Wildman–Crippen MR) is 90.1 cm³/mol. The first-order valence-corrected chi connectivity index (χ1v) is 8.13. The van der Waals surface area contributed by atoms with Crippen LogP contribution in [-0.4, -0.2) is 49.9 Å². The lowest BCUT2D eigenvalue weighted by molar-refractivity contribution is -0.108. The third kappa shape index (κ3) is 4.22. The van der Waals surface area contributed by atoms with Gasteiger partial charge in [0.1, 0.15) is 12.0 Å². The maximum atomic E-state index is 14.5. The Labute approximate surface area is 141 Å². The van der Waals surface area contributed by atoms with Gasteiger partial charge in [-0.05, 0) is 37.5 Å². The normalized spacial score (nSPS) is 17.0. The fourth-order valence-corrected chi connectivity index (χ4v) is 3.10. The highest BCUT2D eigenvalue weighted by molar-refractivity contribution is 6.34. The van der Waals surface area contributed by atoms with Crippen molar-refractivity contribution in [3.63, 3.8) is 0 Å². The summed E-state index contributed by atoms with van der Waals surface area (Å²) in [7, 11) is 3.36. The van der Waals surface area contributed by atoms with E-state index >= 15 is 0 Å². The summed E-state index contributed by atoms with van der Waals surface area (Å²) in [6, 6.07) is 5.32. The van der Waals surface area contributed by atoms with Crippen molar-refractivity contribution in [2.24, 2.45) is 0 Å². The van der Waals surface area contributed by atoms with Crippen LogP contribution in [-0.2, 0) is 4.79 Å². The molecule has 1 aromatic rings. The van der Waals surface area contributed by atoms with Crippen LogP contribution in [0.2, 0.25) is 5.02 Å². The maximum Gasteiger partial charge on any atom is 0.254 e. The van der Waals surface area contributed by atoms with Crippen LogP contribution in [0.1, 0.15) is 36.0 Å². The zero-order chi connectivity index (χ0) is 17.0. The van der Waals surface area contributed by atoms with Gasteiger partial charge in [0.25, 0.3) is 5.91 Å². The summed E-state index contributed by atoms with van der Waals surface area (Å²) in [6.45, 7) is 1.15. The molecule has 0 bridgehead atoms. The molecule has 2 rings (SSSR count). The van der Waals surface area contributed by atoms with E-state index in [1.165, 1.54) is 4.90 Å². The first-order chi connectivity index (χ1) is 10.9. The molecular formula is C17H22ClFN2O2. The number of amides is 1. The number of carbonyl (C=O) groups is 2. The van der Waals surface area contributed by atoms with E-state index in [0.717, 1.165) is 12.0 Å². The molecule has 0 saturated carbocycles. The minimum Gasteiger partial charge on any atom is -0.371 e. The Morgan fingerprint density at radius 2 is 2.04 bits per heavy atom. The summed E-state index contributed by atoms with van der Waals surface area (Å²) in [5.74, 6) is -0.142. The van der Waals surface area contributed by atoms with Crippen LogP contribution < -0.4 is 4.90 Å². The second kappa shape index (κ2) is 7.30. The van der Waals surface area contributed by atoms with Crippen molar-refractivity contribution in [1.29, 1.82) is 0 Å². The van der Waals surface area contributed by atoms with Gasteiger partial charge in [-0.1, -0.05) is 11.6 Å². The molecular weight excluding hydrogens is 319 g/mol. The van der Waals surface area contributed by atoms with E-state index in [1.54, 1.807) is 26.2 Å². The zero-order valence-corrected chi connectivity index (χ0v) is 14.3. The van der Waals surface area contributed by atoms with Gasteiger partial charge in [-0.3, -0.25) is 4.79 Å². The Morgan fingerprint density at radius 1 is 1.39 bits per heavy atom. The Hall–Kier alpha value is -1.62. The number of alkyl halides is 1. The Bertz CT molecular complexity index is 584. The number of halogens is 2. The van der Waals surface area contributed by atoms with Crippen molar-refractivity contribution in [3.05, 3.63) is 28.8 Å². The number of aldehydes is 1. The molecule has 4 nitrogen and oxygen atoms in total. The summed E-state index contributed by atoms with van der Waals surface area (Å²) < 4.78 is 14.5. The van der Waals surface area contributed by atoms with Gasteiger partial charge in [-0.15, -0.1) is 0 Å². The highest BCUT2D eigenvalue weighted by Gasteiger charge is 2.34. The summed E-state index contributed by atoms with van der Waals surface area (Å²) in [4.78, 5) is 26.0. The third-order valence-electron chi connectivity index (χ3n) is 4.32. The molecule has 6 heteroatoms. The highest BCUT2D eigenvalue weighted by Crippen LogP contribution is 2.34. The summed E-state index contributed by atoms with van der Waals surface area (Å²) in [5.41, 5.74) is 0.105. The predicted octanol–water partition coefficient (Wildman–Crippen LogP) is 3.33. The van der Waals surface area contributed by atoms with Gasteiger partial charge in [0.15, 0.2) is 0 Å². The molecule has 0 aliphatic carbocycles. The second-order valence-electron chi connectivity index (χ2n) is 6.21. The number of rotatable bonds is 5. The quantitative estimate of drug-likeness (QED) is 0.772. The van der Waals surface area contributed by atoms with Gasteiger partial charge in [-0.25, -0.2) is 4.39 Å². The van der Waals surface area contributed by atoms with Gasteiger partial charge in [0.05, 0.1) is 10.6 Å². The Kier molecular flexibility index (Phi) is 5.63. The minimum absolute atomic E-state index is 0.142. The van der Waals surface area contributed by atoms with Crippen LogP contribution in [0.5, 0.6) is 0 Å². The second-order valence-corrected chi connectivity index (χ2v) is 6.61. The number of benzene rings is 1. The minimum atomic E-state index is -1.25. The van der Waals surface area contributed by atoms with Crippen molar-refractivity contribution >= 4 is 29.5 Å². The molecule has 0 N–H and O–H groups in total. The smallest absolute Gasteiger partial charge is 0.254 e. The van der Waals surface area contributed by atoms with Crippen LogP contribution in [0, 0.1) is 0 Å². The van der Waals surface area contributed by atoms with Gasteiger partial charge >= 0.3 is 0 Å². The van der Waals surface area contributed by atoms with Gasteiger partial charge in [-0.2, -0.15) is 0 Å². The first kappa shape index (κ1) is 17.7. The first-order valence-electron chi connectivity index (χ1n) is 7.75. The number of hydrogen-bond donors (Lipinski definition) is 0. The number of piperidine rings is 1. The van der Waals surface area contributed by atoms with E-state index in [9.17, 15) is 14.0 Å². The maximum absolute atomic E-state index is 14.5. The lowest BCUT2D eigenvalue weighted by atomic mass is 9.89. The van der Waals surface area contributed by atoms with Crippen molar-refractivity contribution < 1.29 is 14.0 Å². The molecule has 23 heavy (non-hydrogen) atoms. The monoisotopic (exact) mass is 340 g/mol. The SMILES string of the molecule is CN(C)C(=O)c1ccc(N2CCC(F)(CCC=O)CC2)cc1Cl. The molecule has 0 radical (unpaired) electrons. The summed E-state index contributed by atoms with van der Waals surface area (Å²) >= 11 is 6.23. The van der Waals surface area contributed by atoms with Crippen molar-refractivity contribution in [2.45, 2.75) is 31.4 Å². The van der Waals surface area contributed by atoms with E-state index in [2.05, 4.69) is 4.90 Å². The standard InChI is InChI=1S/C17H22ClFN2O2/c1-20(2)16(23)14-5-4-13(12-15(14)18)21-9-7-17(19,8-10-21)6-3-11-22/h4-5,11-12H,3,6-10H2,1-2H3. The molecule has 0 unspecified atom stereocenters. The summed E-state index contributed by atoms with van der Waals surface area (Å²) in [5, 5.41) is 0.402. The molecule has 0 spiro atoms. The fraction of sp³-hybridized carbons (Fsp3) is 0.529. The van der Waals surface area contributed by atoms with Crippen LogP contribution >= 0.6 is 11.6 Å². The van der Waals surface area contributed by atoms with E-state index in [4.69, 9.17) is 11.6 Å². The number of hydrogen-bond acceptors (Lipinski definition) is 3. The van der Waals surface area contributed by atoms with Crippen LogP contribution in [0.3, 0.4) is 0 Å². The lowest BCUT2D eigenvalue weighted by Crippen LogP contribution is -2.41. The Morgan fingerprint density at radius 3 is 2.57 bits per heavy atom. The molecule has 1 saturated heterocycles. The molecule has 1 aromatic carbocycles.